The molecule has 58 valence electrons. The topological polar surface area (TPSA) is 24.1 Å². The fourth-order valence-electron chi connectivity index (χ4n) is 1.30. The van der Waals surface area contributed by atoms with Gasteiger partial charge in [0.1, 0.15) is 0 Å². The molecule has 0 bridgehead atoms. The van der Waals surface area contributed by atoms with Crippen LogP contribution in [0.2, 0.25) is 0 Å². The van der Waals surface area contributed by atoms with Gasteiger partial charge in [0.15, 0.2) is 0 Å². The minimum absolute atomic E-state index is 0.631. The van der Waals surface area contributed by atoms with E-state index < -0.39 is 0 Å². The van der Waals surface area contributed by atoms with Gasteiger partial charge in [-0.2, -0.15) is 0 Å². The zero-order valence-corrected chi connectivity index (χ0v) is 6.99. The van der Waals surface area contributed by atoms with E-state index in [9.17, 15) is 0 Å². The molecular formula is C8H16N2. The van der Waals surface area contributed by atoms with Crippen LogP contribution in [0.25, 0.3) is 0 Å². The Morgan fingerprint density at radius 3 is 2.80 bits per heavy atom. The molecule has 1 aliphatic rings. The molecule has 0 saturated heterocycles. The Morgan fingerprint density at radius 2 is 2.30 bits per heavy atom. The summed E-state index contributed by atoms with van der Waals surface area (Å²) in [6, 6.07) is 0.631. The smallest absolute Gasteiger partial charge is 0.0184 e. The van der Waals surface area contributed by atoms with E-state index in [0.29, 0.717) is 6.04 Å². The molecule has 0 fully saturated rings. The molecule has 1 rings (SSSR count). The highest BCUT2D eigenvalue weighted by Gasteiger charge is 2.12. The molecule has 0 radical (unpaired) electrons. The molecule has 0 spiro atoms. The summed E-state index contributed by atoms with van der Waals surface area (Å²) in [4.78, 5) is 0. The van der Waals surface area contributed by atoms with E-state index in [2.05, 4.69) is 24.5 Å². The molecule has 0 amide bonds. The van der Waals surface area contributed by atoms with Gasteiger partial charge < -0.3 is 10.6 Å². The SMILES string of the molecule is CNC1=C(C)CNC(C)C1. The molecule has 1 unspecified atom stereocenters. The molecule has 10 heavy (non-hydrogen) atoms. The van der Waals surface area contributed by atoms with Crippen LogP contribution >= 0.6 is 0 Å². The minimum Gasteiger partial charge on any atom is -0.391 e. The fraction of sp³-hybridized carbons (Fsp3) is 0.750. The first-order valence-corrected chi connectivity index (χ1v) is 3.83. The molecule has 0 aromatic carbocycles. The van der Waals surface area contributed by atoms with Crippen LogP contribution in [0.15, 0.2) is 11.3 Å². The number of hydrogen-bond acceptors (Lipinski definition) is 2. The molecule has 2 nitrogen and oxygen atoms in total. The first-order valence-electron chi connectivity index (χ1n) is 3.83. The molecule has 2 N–H and O–H groups in total. The third-order valence-electron chi connectivity index (χ3n) is 2.04. The van der Waals surface area contributed by atoms with Crippen molar-refractivity contribution < 1.29 is 0 Å². The first kappa shape index (κ1) is 7.61. The van der Waals surface area contributed by atoms with Crippen LogP contribution in [0.5, 0.6) is 0 Å². The summed E-state index contributed by atoms with van der Waals surface area (Å²) < 4.78 is 0. The van der Waals surface area contributed by atoms with Gasteiger partial charge in [-0.05, 0) is 19.4 Å². The second-order valence-corrected chi connectivity index (χ2v) is 2.99. The second-order valence-electron chi connectivity index (χ2n) is 2.99. The van der Waals surface area contributed by atoms with Crippen molar-refractivity contribution in [2.45, 2.75) is 26.3 Å². The van der Waals surface area contributed by atoms with Crippen LogP contribution in [0.1, 0.15) is 20.3 Å². The highest BCUT2D eigenvalue weighted by atomic mass is 15.0. The Hall–Kier alpha value is -0.500. The van der Waals surface area contributed by atoms with Gasteiger partial charge in [0.05, 0.1) is 0 Å². The van der Waals surface area contributed by atoms with Gasteiger partial charge in [-0.1, -0.05) is 0 Å². The lowest BCUT2D eigenvalue weighted by atomic mass is 10.0. The van der Waals surface area contributed by atoms with Crippen LogP contribution in [0, 0.1) is 0 Å². The molecule has 2 heteroatoms. The summed E-state index contributed by atoms with van der Waals surface area (Å²) >= 11 is 0. The summed E-state index contributed by atoms with van der Waals surface area (Å²) in [6.07, 6.45) is 1.14. The molecule has 1 heterocycles. The third kappa shape index (κ3) is 1.51. The van der Waals surface area contributed by atoms with Crippen molar-refractivity contribution in [3.05, 3.63) is 11.3 Å². The maximum Gasteiger partial charge on any atom is 0.0184 e. The summed E-state index contributed by atoms with van der Waals surface area (Å²) in [5.74, 6) is 0. The highest BCUT2D eigenvalue weighted by Crippen LogP contribution is 2.12. The van der Waals surface area contributed by atoms with Gasteiger partial charge >= 0.3 is 0 Å². The van der Waals surface area contributed by atoms with Crippen molar-refractivity contribution >= 4 is 0 Å². The summed E-state index contributed by atoms with van der Waals surface area (Å²) in [7, 11) is 2.00. The predicted molar refractivity (Wildman–Crippen MR) is 43.8 cm³/mol. The maximum atomic E-state index is 3.40. The van der Waals surface area contributed by atoms with E-state index in [1.165, 1.54) is 11.3 Å². The van der Waals surface area contributed by atoms with E-state index in [4.69, 9.17) is 0 Å². The Morgan fingerprint density at radius 1 is 1.60 bits per heavy atom. The summed E-state index contributed by atoms with van der Waals surface area (Å²) in [5.41, 5.74) is 2.85. The van der Waals surface area contributed by atoms with Gasteiger partial charge in [0.25, 0.3) is 0 Å². The normalized spacial score (nSPS) is 26.9. The standard InChI is InChI=1S/C8H16N2/c1-6-5-10-7(2)4-8(6)9-3/h7,9-10H,4-5H2,1-3H3. The average Bonchev–Trinajstić information content (AvgIpc) is 1.94. The Labute approximate surface area is 62.7 Å². The van der Waals surface area contributed by atoms with Crippen molar-refractivity contribution in [3.8, 4) is 0 Å². The molecule has 0 saturated carbocycles. The molecule has 0 aromatic heterocycles. The minimum atomic E-state index is 0.631. The van der Waals surface area contributed by atoms with E-state index in [1.807, 2.05) is 7.05 Å². The lowest BCUT2D eigenvalue weighted by molar-refractivity contribution is 0.521. The monoisotopic (exact) mass is 140 g/mol. The van der Waals surface area contributed by atoms with Crippen molar-refractivity contribution in [1.82, 2.24) is 10.6 Å². The Bertz CT molecular complexity index is 149. The van der Waals surface area contributed by atoms with E-state index >= 15 is 0 Å². The van der Waals surface area contributed by atoms with Crippen LogP contribution in [-0.4, -0.2) is 19.6 Å². The van der Waals surface area contributed by atoms with Crippen molar-refractivity contribution in [2.75, 3.05) is 13.6 Å². The zero-order valence-electron chi connectivity index (χ0n) is 6.99. The van der Waals surface area contributed by atoms with Gasteiger partial charge in [-0.15, -0.1) is 0 Å². The van der Waals surface area contributed by atoms with Crippen molar-refractivity contribution in [3.63, 3.8) is 0 Å². The summed E-state index contributed by atoms with van der Waals surface area (Å²) in [6.45, 7) is 5.42. The predicted octanol–water partition coefficient (Wildman–Crippen LogP) is 0.862. The molecule has 0 aliphatic carbocycles. The van der Waals surface area contributed by atoms with E-state index in [0.717, 1.165) is 13.0 Å². The van der Waals surface area contributed by atoms with Gasteiger partial charge in [-0.3, -0.25) is 0 Å². The molecule has 0 aromatic rings. The largest absolute Gasteiger partial charge is 0.391 e. The molecular weight excluding hydrogens is 124 g/mol. The van der Waals surface area contributed by atoms with Gasteiger partial charge in [0, 0.05) is 31.8 Å². The van der Waals surface area contributed by atoms with Gasteiger partial charge in [0.2, 0.25) is 0 Å². The van der Waals surface area contributed by atoms with Crippen LogP contribution < -0.4 is 10.6 Å². The van der Waals surface area contributed by atoms with E-state index in [1.54, 1.807) is 0 Å². The Balaban J connectivity index is 2.62. The van der Waals surface area contributed by atoms with Crippen molar-refractivity contribution in [2.24, 2.45) is 0 Å². The number of rotatable bonds is 1. The third-order valence-corrected chi connectivity index (χ3v) is 2.04. The Kier molecular flexibility index (Phi) is 2.33. The quantitative estimate of drug-likeness (QED) is 0.564. The number of nitrogens with one attached hydrogen (secondary N) is 2. The fourth-order valence-corrected chi connectivity index (χ4v) is 1.30. The second kappa shape index (κ2) is 3.06. The summed E-state index contributed by atoms with van der Waals surface area (Å²) in [5, 5.41) is 6.62. The lowest BCUT2D eigenvalue weighted by Crippen LogP contribution is -2.35. The van der Waals surface area contributed by atoms with Gasteiger partial charge in [-0.25, -0.2) is 0 Å². The number of hydrogen-bond donors (Lipinski definition) is 2. The molecule has 1 atom stereocenters. The lowest BCUT2D eigenvalue weighted by Gasteiger charge is -2.24. The van der Waals surface area contributed by atoms with E-state index in [-0.39, 0.29) is 0 Å². The highest BCUT2D eigenvalue weighted by molar-refractivity contribution is 5.15. The van der Waals surface area contributed by atoms with Crippen LogP contribution in [-0.2, 0) is 0 Å². The van der Waals surface area contributed by atoms with Crippen LogP contribution in [0.4, 0.5) is 0 Å². The van der Waals surface area contributed by atoms with Crippen molar-refractivity contribution in [1.29, 1.82) is 0 Å². The zero-order chi connectivity index (χ0) is 7.56. The molecule has 1 aliphatic heterocycles. The first-order chi connectivity index (χ1) is 4.74. The van der Waals surface area contributed by atoms with Crippen LogP contribution in [0.3, 0.4) is 0 Å². The average molecular weight is 140 g/mol. The maximum absolute atomic E-state index is 3.40.